The van der Waals surface area contributed by atoms with Gasteiger partial charge in [0, 0.05) is 19.0 Å². The van der Waals surface area contributed by atoms with Crippen molar-refractivity contribution in [3.05, 3.63) is 24.3 Å². The third-order valence-corrected chi connectivity index (χ3v) is 4.27. The zero-order chi connectivity index (χ0) is 17.9. The molecule has 3 amide bonds. The SMILES string of the molecule is CCOc1ccccc1NC(=O)CCCNC(=O)NC1CCCCC1. The van der Waals surface area contributed by atoms with E-state index in [4.69, 9.17) is 4.74 Å². The Balaban J connectivity index is 1.62. The summed E-state index contributed by atoms with van der Waals surface area (Å²) >= 11 is 0. The summed E-state index contributed by atoms with van der Waals surface area (Å²) in [5, 5.41) is 8.68. The molecule has 1 aliphatic carbocycles. The first-order chi connectivity index (χ1) is 12.2. The molecule has 1 aromatic rings. The summed E-state index contributed by atoms with van der Waals surface area (Å²) in [6.07, 6.45) is 6.72. The van der Waals surface area contributed by atoms with Gasteiger partial charge in [0.05, 0.1) is 12.3 Å². The van der Waals surface area contributed by atoms with E-state index in [9.17, 15) is 9.59 Å². The molecule has 6 heteroatoms. The molecule has 1 aromatic carbocycles. The molecule has 138 valence electrons. The fourth-order valence-corrected chi connectivity index (χ4v) is 3.00. The molecule has 6 nitrogen and oxygen atoms in total. The largest absolute Gasteiger partial charge is 0.492 e. The fraction of sp³-hybridized carbons (Fsp3) is 0.579. The van der Waals surface area contributed by atoms with Crippen LogP contribution < -0.4 is 20.7 Å². The Morgan fingerprint density at radius 1 is 1.16 bits per heavy atom. The van der Waals surface area contributed by atoms with Crippen LogP contribution in [0.5, 0.6) is 5.75 Å². The molecular weight excluding hydrogens is 318 g/mol. The van der Waals surface area contributed by atoms with E-state index in [-0.39, 0.29) is 11.9 Å². The maximum absolute atomic E-state index is 12.0. The van der Waals surface area contributed by atoms with Crippen molar-refractivity contribution in [1.82, 2.24) is 10.6 Å². The number of para-hydroxylation sites is 2. The molecule has 2 rings (SSSR count). The molecule has 0 saturated heterocycles. The van der Waals surface area contributed by atoms with Crippen LogP contribution in [0.15, 0.2) is 24.3 Å². The van der Waals surface area contributed by atoms with Gasteiger partial charge >= 0.3 is 6.03 Å². The highest BCUT2D eigenvalue weighted by molar-refractivity contribution is 5.92. The predicted molar refractivity (Wildman–Crippen MR) is 98.9 cm³/mol. The monoisotopic (exact) mass is 347 g/mol. The number of urea groups is 1. The van der Waals surface area contributed by atoms with Gasteiger partial charge in [0.2, 0.25) is 5.91 Å². The second-order valence-corrected chi connectivity index (χ2v) is 6.32. The van der Waals surface area contributed by atoms with Crippen LogP contribution >= 0.6 is 0 Å². The second-order valence-electron chi connectivity index (χ2n) is 6.32. The number of anilines is 1. The summed E-state index contributed by atoms with van der Waals surface area (Å²) in [5.41, 5.74) is 0.678. The van der Waals surface area contributed by atoms with E-state index < -0.39 is 0 Å². The molecule has 1 fully saturated rings. The molecule has 1 aliphatic rings. The third-order valence-electron chi connectivity index (χ3n) is 4.27. The highest BCUT2D eigenvalue weighted by atomic mass is 16.5. The Kier molecular flexibility index (Phi) is 8.09. The van der Waals surface area contributed by atoms with Gasteiger partial charge < -0.3 is 20.7 Å². The van der Waals surface area contributed by atoms with E-state index >= 15 is 0 Å². The average Bonchev–Trinajstić information content (AvgIpc) is 2.61. The first-order valence-electron chi connectivity index (χ1n) is 9.25. The van der Waals surface area contributed by atoms with Crippen molar-refractivity contribution in [1.29, 1.82) is 0 Å². The Hall–Kier alpha value is -2.24. The summed E-state index contributed by atoms with van der Waals surface area (Å²) in [7, 11) is 0. The summed E-state index contributed by atoms with van der Waals surface area (Å²) in [4.78, 5) is 23.9. The number of carbonyl (C=O) groups is 2. The Morgan fingerprint density at radius 3 is 2.68 bits per heavy atom. The predicted octanol–water partition coefficient (Wildman–Crippen LogP) is 3.44. The number of benzene rings is 1. The quantitative estimate of drug-likeness (QED) is 0.630. The van der Waals surface area contributed by atoms with Gasteiger partial charge in [-0.05, 0) is 38.3 Å². The van der Waals surface area contributed by atoms with Crippen molar-refractivity contribution in [3.8, 4) is 5.75 Å². The van der Waals surface area contributed by atoms with Crippen molar-refractivity contribution in [3.63, 3.8) is 0 Å². The van der Waals surface area contributed by atoms with Crippen molar-refractivity contribution in [2.24, 2.45) is 0 Å². The van der Waals surface area contributed by atoms with E-state index in [1.807, 2.05) is 31.2 Å². The number of hydrogen-bond donors (Lipinski definition) is 3. The molecule has 25 heavy (non-hydrogen) atoms. The first-order valence-corrected chi connectivity index (χ1v) is 9.25. The van der Waals surface area contributed by atoms with Crippen LogP contribution in [0.1, 0.15) is 51.9 Å². The molecule has 0 bridgehead atoms. The number of carbonyl (C=O) groups excluding carboxylic acids is 2. The van der Waals surface area contributed by atoms with E-state index in [2.05, 4.69) is 16.0 Å². The van der Waals surface area contributed by atoms with Crippen LogP contribution in [0.4, 0.5) is 10.5 Å². The molecule has 0 aliphatic heterocycles. The van der Waals surface area contributed by atoms with Crippen molar-refractivity contribution >= 4 is 17.6 Å². The molecule has 0 spiro atoms. The maximum Gasteiger partial charge on any atom is 0.315 e. The van der Waals surface area contributed by atoms with Crippen molar-refractivity contribution in [2.75, 3.05) is 18.5 Å². The second kappa shape index (κ2) is 10.6. The van der Waals surface area contributed by atoms with Crippen LogP contribution in [0.3, 0.4) is 0 Å². The molecule has 3 N–H and O–H groups in total. The van der Waals surface area contributed by atoms with Crippen molar-refractivity contribution in [2.45, 2.75) is 57.9 Å². The average molecular weight is 347 g/mol. The van der Waals surface area contributed by atoms with E-state index in [1.165, 1.54) is 19.3 Å². The van der Waals surface area contributed by atoms with Crippen LogP contribution in [0, 0.1) is 0 Å². The minimum absolute atomic E-state index is 0.0818. The zero-order valence-corrected chi connectivity index (χ0v) is 15.0. The van der Waals surface area contributed by atoms with E-state index in [0.29, 0.717) is 43.5 Å². The van der Waals surface area contributed by atoms with Crippen molar-refractivity contribution < 1.29 is 14.3 Å². The van der Waals surface area contributed by atoms with Crippen LogP contribution in [-0.4, -0.2) is 31.1 Å². The Bertz CT molecular complexity index is 557. The minimum atomic E-state index is -0.131. The lowest BCUT2D eigenvalue weighted by atomic mass is 9.96. The molecule has 0 aromatic heterocycles. The van der Waals surface area contributed by atoms with Gasteiger partial charge in [-0.15, -0.1) is 0 Å². The Labute approximate surface area is 149 Å². The Morgan fingerprint density at radius 2 is 1.92 bits per heavy atom. The smallest absolute Gasteiger partial charge is 0.315 e. The molecule has 0 heterocycles. The molecular formula is C19H29N3O3. The van der Waals surface area contributed by atoms with Crippen LogP contribution in [0.25, 0.3) is 0 Å². The molecule has 0 radical (unpaired) electrons. The van der Waals surface area contributed by atoms with Gasteiger partial charge in [0.1, 0.15) is 5.75 Å². The third kappa shape index (κ3) is 7.03. The van der Waals surface area contributed by atoms with Gasteiger partial charge in [0.15, 0.2) is 0 Å². The fourth-order valence-electron chi connectivity index (χ4n) is 3.00. The highest BCUT2D eigenvalue weighted by Gasteiger charge is 2.15. The lowest BCUT2D eigenvalue weighted by molar-refractivity contribution is -0.116. The van der Waals surface area contributed by atoms with Crippen LogP contribution in [-0.2, 0) is 4.79 Å². The molecule has 1 saturated carbocycles. The topological polar surface area (TPSA) is 79.5 Å². The van der Waals surface area contributed by atoms with E-state index in [1.54, 1.807) is 0 Å². The van der Waals surface area contributed by atoms with Gasteiger partial charge in [-0.1, -0.05) is 31.4 Å². The van der Waals surface area contributed by atoms with Gasteiger partial charge in [-0.2, -0.15) is 0 Å². The van der Waals surface area contributed by atoms with E-state index in [0.717, 1.165) is 12.8 Å². The number of rotatable bonds is 8. The first kappa shape index (κ1) is 19.1. The standard InChI is InChI=1S/C19H29N3O3/c1-2-25-17-12-7-6-11-16(17)22-18(23)13-8-14-20-19(24)21-15-9-4-3-5-10-15/h6-7,11-12,15H,2-5,8-10,13-14H2,1H3,(H,22,23)(H2,20,21,24). The summed E-state index contributed by atoms with van der Waals surface area (Å²) in [5.74, 6) is 0.588. The lowest BCUT2D eigenvalue weighted by Crippen LogP contribution is -2.43. The molecule has 0 atom stereocenters. The summed E-state index contributed by atoms with van der Waals surface area (Å²) in [6, 6.07) is 7.54. The number of nitrogens with one attached hydrogen (secondary N) is 3. The van der Waals surface area contributed by atoms with Gasteiger partial charge in [-0.25, -0.2) is 4.79 Å². The lowest BCUT2D eigenvalue weighted by Gasteiger charge is -2.22. The highest BCUT2D eigenvalue weighted by Crippen LogP contribution is 2.23. The summed E-state index contributed by atoms with van der Waals surface area (Å²) in [6.45, 7) is 2.94. The number of amides is 3. The van der Waals surface area contributed by atoms with Gasteiger partial charge in [-0.3, -0.25) is 4.79 Å². The number of hydrogen-bond acceptors (Lipinski definition) is 3. The van der Waals surface area contributed by atoms with Gasteiger partial charge in [0.25, 0.3) is 0 Å². The van der Waals surface area contributed by atoms with Crippen LogP contribution in [0.2, 0.25) is 0 Å². The zero-order valence-electron chi connectivity index (χ0n) is 15.0. The molecule has 0 unspecified atom stereocenters. The summed E-state index contributed by atoms with van der Waals surface area (Å²) < 4.78 is 5.49. The number of ether oxygens (including phenoxy) is 1. The normalized spacial score (nSPS) is 14.6. The minimum Gasteiger partial charge on any atom is -0.492 e. The maximum atomic E-state index is 12.0.